The third-order valence-electron chi connectivity index (χ3n) is 2.99. The van der Waals surface area contributed by atoms with Crippen molar-refractivity contribution in [2.24, 2.45) is 0 Å². The van der Waals surface area contributed by atoms with Gasteiger partial charge in [0.2, 0.25) is 0 Å². The lowest BCUT2D eigenvalue weighted by Gasteiger charge is -2.14. The Morgan fingerprint density at radius 2 is 1.90 bits per heavy atom. The Hall–Kier alpha value is -2.51. The summed E-state index contributed by atoms with van der Waals surface area (Å²) in [6.45, 7) is 3.60. The number of aryl methyl sites for hydroxylation is 2. The number of carbonyl (C=O) groups is 1. The summed E-state index contributed by atoms with van der Waals surface area (Å²) in [6.07, 6.45) is 0. The number of hydrogen-bond donors (Lipinski definition) is 1. The van der Waals surface area contributed by atoms with E-state index < -0.39 is 5.97 Å². The number of aromatic carboxylic acids is 1. The fourth-order valence-electron chi connectivity index (χ4n) is 2.08. The number of ether oxygens (including phenoxy) is 1. The molecule has 21 heavy (non-hydrogen) atoms. The maximum absolute atomic E-state index is 11.3. The molecule has 0 aliphatic carbocycles. The average Bonchev–Trinajstić information content (AvgIpc) is 2.42. The molecule has 2 aromatic rings. The quantitative estimate of drug-likeness (QED) is 0.916. The van der Waals surface area contributed by atoms with E-state index in [2.05, 4.69) is 6.07 Å². The van der Waals surface area contributed by atoms with E-state index in [0.717, 1.165) is 11.1 Å². The summed E-state index contributed by atoms with van der Waals surface area (Å²) >= 11 is 5.91. The van der Waals surface area contributed by atoms with Crippen molar-refractivity contribution in [3.05, 3.63) is 57.6 Å². The molecular weight excluding hydrogens is 290 g/mol. The summed E-state index contributed by atoms with van der Waals surface area (Å²) < 4.78 is 5.74. The molecule has 106 valence electrons. The van der Waals surface area contributed by atoms with E-state index in [0.29, 0.717) is 11.3 Å². The molecule has 2 rings (SSSR count). The van der Waals surface area contributed by atoms with Gasteiger partial charge >= 0.3 is 5.97 Å². The van der Waals surface area contributed by atoms with Crippen LogP contribution in [-0.4, -0.2) is 11.1 Å². The van der Waals surface area contributed by atoms with Crippen molar-refractivity contribution >= 4 is 17.6 Å². The molecule has 1 N–H and O–H groups in total. The number of carboxylic acids is 1. The lowest BCUT2D eigenvalue weighted by atomic mass is 10.1. The average molecular weight is 302 g/mol. The van der Waals surface area contributed by atoms with E-state index in [4.69, 9.17) is 21.6 Å². The molecule has 4 nitrogen and oxygen atoms in total. The zero-order chi connectivity index (χ0) is 15.6. The second-order valence-electron chi connectivity index (χ2n) is 4.57. The molecule has 0 fully saturated rings. The van der Waals surface area contributed by atoms with Crippen LogP contribution < -0.4 is 4.74 Å². The summed E-state index contributed by atoms with van der Waals surface area (Å²) in [6, 6.07) is 10.1. The first-order chi connectivity index (χ1) is 9.93. The minimum absolute atomic E-state index is 0.0812. The van der Waals surface area contributed by atoms with Gasteiger partial charge in [0.25, 0.3) is 0 Å². The van der Waals surface area contributed by atoms with Crippen LogP contribution in [0.25, 0.3) is 0 Å². The first-order valence-electron chi connectivity index (χ1n) is 6.15. The van der Waals surface area contributed by atoms with Gasteiger partial charge in [-0.25, -0.2) is 4.79 Å². The second-order valence-corrected chi connectivity index (χ2v) is 4.98. The number of hydrogen-bond acceptors (Lipinski definition) is 3. The molecule has 0 bridgehead atoms. The highest BCUT2D eigenvalue weighted by atomic mass is 35.5. The molecule has 2 aromatic carbocycles. The minimum atomic E-state index is -1.15. The van der Waals surface area contributed by atoms with Crippen LogP contribution in [-0.2, 0) is 0 Å². The summed E-state index contributed by atoms with van der Waals surface area (Å²) in [5.41, 5.74) is 1.95. The zero-order valence-corrected chi connectivity index (χ0v) is 12.2. The summed E-state index contributed by atoms with van der Waals surface area (Å²) in [7, 11) is 0. The predicted octanol–water partition coefficient (Wildman–Crippen LogP) is 4.32. The van der Waals surface area contributed by atoms with Crippen LogP contribution in [0.2, 0.25) is 5.02 Å². The first-order valence-corrected chi connectivity index (χ1v) is 6.53. The van der Waals surface area contributed by atoms with Crippen molar-refractivity contribution in [3.63, 3.8) is 0 Å². The van der Waals surface area contributed by atoms with Crippen LogP contribution in [0.1, 0.15) is 27.0 Å². The second kappa shape index (κ2) is 5.86. The van der Waals surface area contributed by atoms with Gasteiger partial charge in [0.1, 0.15) is 17.1 Å². The molecule has 0 aliphatic rings. The van der Waals surface area contributed by atoms with Crippen molar-refractivity contribution < 1.29 is 14.6 Å². The summed E-state index contributed by atoms with van der Waals surface area (Å²) in [5.74, 6) is -0.454. The number of nitriles is 1. The lowest BCUT2D eigenvalue weighted by molar-refractivity contribution is 0.0694. The molecule has 0 heterocycles. The van der Waals surface area contributed by atoms with Gasteiger partial charge in [-0.05, 0) is 49.2 Å². The maximum atomic E-state index is 11.3. The summed E-state index contributed by atoms with van der Waals surface area (Å²) in [4.78, 5) is 11.3. The Balaban J connectivity index is 2.52. The summed E-state index contributed by atoms with van der Waals surface area (Å²) in [5, 5.41) is 18.3. The van der Waals surface area contributed by atoms with Crippen LogP contribution in [0.15, 0.2) is 30.3 Å². The lowest BCUT2D eigenvalue weighted by Crippen LogP contribution is -2.02. The largest absolute Gasteiger partial charge is 0.478 e. The highest BCUT2D eigenvalue weighted by molar-refractivity contribution is 6.33. The Bertz CT molecular complexity index is 740. The van der Waals surface area contributed by atoms with Crippen molar-refractivity contribution in [1.82, 2.24) is 0 Å². The van der Waals surface area contributed by atoms with Crippen LogP contribution in [0.3, 0.4) is 0 Å². The standard InChI is InChI=1S/C16H12ClNO3/c1-9-6-11(8-18)7-10(2)15(9)21-13-5-3-4-12(17)14(13)16(19)20/h3-7H,1-2H3,(H,19,20). The van der Waals surface area contributed by atoms with Gasteiger partial charge in [0, 0.05) is 0 Å². The molecule has 0 aliphatic heterocycles. The van der Waals surface area contributed by atoms with E-state index in [1.54, 1.807) is 38.1 Å². The van der Waals surface area contributed by atoms with Crippen molar-refractivity contribution in [2.45, 2.75) is 13.8 Å². The molecule has 0 radical (unpaired) electrons. The molecule has 0 saturated heterocycles. The van der Waals surface area contributed by atoms with Crippen LogP contribution in [0.5, 0.6) is 11.5 Å². The van der Waals surface area contributed by atoms with E-state index in [9.17, 15) is 9.90 Å². The molecule has 0 aromatic heterocycles. The Morgan fingerprint density at radius 1 is 1.29 bits per heavy atom. The van der Waals surface area contributed by atoms with Crippen molar-refractivity contribution in [3.8, 4) is 17.6 Å². The number of halogens is 1. The third-order valence-corrected chi connectivity index (χ3v) is 3.31. The minimum Gasteiger partial charge on any atom is -0.478 e. The van der Waals surface area contributed by atoms with Gasteiger partial charge in [-0.15, -0.1) is 0 Å². The van der Waals surface area contributed by atoms with E-state index >= 15 is 0 Å². The number of carboxylic acid groups (broad SMARTS) is 1. The van der Waals surface area contributed by atoms with E-state index in [-0.39, 0.29) is 16.3 Å². The molecular formula is C16H12ClNO3. The zero-order valence-electron chi connectivity index (χ0n) is 11.5. The normalized spacial score (nSPS) is 10.0. The van der Waals surface area contributed by atoms with E-state index in [1.807, 2.05) is 0 Å². The van der Waals surface area contributed by atoms with Crippen molar-refractivity contribution in [2.75, 3.05) is 0 Å². The molecule has 0 atom stereocenters. The SMILES string of the molecule is Cc1cc(C#N)cc(C)c1Oc1cccc(Cl)c1C(=O)O. The van der Waals surface area contributed by atoms with Crippen LogP contribution in [0, 0.1) is 25.2 Å². The van der Waals surface area contributed by atoms with Gasteiger partial charge in [0.15, 0.2) is 0 Å². The molecule has 0 unspecified atom stereocenters. The van der Waals surface area contributed by atoms with Gasteiger partial charge in [0.05, 0.1) is 16.7 Å². The van der Waals surface area contributed by atoms with Crippen molar-refractivity contribution in [1.29, 1.82) is 5.26 Å². The molecule has 0 saturated carbocycles. The monoisotopic (exact) mass is 301 g/mol. The first kappa shape index (κ1) is 14.9. The van der Waals surface area contributed by atoms with Gasteiger partial charge in [-0.1, -0.05) is 17.7 Å². The Morgan fingerprint density at radius 3 is 2.43 bits per heavy atom. The molecule has 0 spiro atoms. The topological polar surface area (TPSA) is 70.3 Å². The number of rotatable bonds is 3. The Kier molecular flexibility index (Phi) is 4.15. The van der Waals surface area contributed by atoms with Gasteiger partial charge in [-0.2, -0.15) is 5.26 Å². The maximum Gasteiger partial charge on any atom is 0.341 e. The van der Waals surface area contributed by atoms with Crippen LogP contribution >= 0.6 is 11.6 Å². The number of benzene rings is 2. The fraction of sp³-hybridized carbons (Fsp3) is 0.125. The van der Waals surface area contributed by atoms with Gasteiger partial charge < -0.3 is 9.84 Å². The predicted molar refractivity (Wildman–Crippen MR) is 79.1 cm³/mol. The van der Waals surface area contributed by atoms with E-state index in [1.165, 1.54) is 6.07 Å². The smallest absolute Gasteiger partial charge is 0.341 e. The van der Waals surface area contributed by atoms with Crippen LogP contribution in [0.4, 0.5) is 0 Å². The van der Waals surface area contributed by atoms with Gasteiger partial charge in [-0.3, -0.25) is 0 Å². The molecule has 5 heteroatoms. The molecule has 0 amide bonds. The Labute approximate surface area is 127 Å². The fourth-order valence-corrected chi connectivity index (χ4v) is 2.33. The third kappa shape index (κ3) is 2.99. The highest BCUT2D eigenvalue weighted by Gasteiger charge is 2.17. The number of nitrogens with zero attached hydrogens (tertiary/aromatic N) is 1. The highest BCUT2D eigenvalue weighted by Crippen LogP contribution is 2.34.